The Balaban J connectivity index is 1.65. The summed E-state index contributed by atoms with van der Waals surface area (Å²) in [6.07, 6.45) is 4.45. The Morgan fingerprint density at radius 2 is 2.13 bits per heavy atom. The van der Waals surface area contributed by atoms with E-state index in [1.165, 1.54) is 0 Å². The Morgan fingerprint density at radius 1 is 1.35 bits per heavy atom. The number of pyridine rings is 1. The molecule has 6 nitrogen and oxygen atoms in total. The van der Waals surface area contributed by atoms with E-state index in [4.69, 9.17) is 4.74 Å². The van der Waals surface area contributed by atoms with Crippen molar-refractivity contribution >= 4 is 11.4 Å². The van der Waals surface area contributed by atoms with E-state index < -0.39 is 0 Å². The summed E-state index contributed by atoms with van der Waals surface area (Å²) in [7, 11) is 0. The average molecular weight is 313 g/mol. The topological polar surface area (TPSA) is 68.5 Å². The van der Waals surface area contributed by atoms with Crippen molar-refractivity contribution in [2.75, 3.05) is 18.0 Å². The number of ether oxygens (including phenoxy) is 1. The Kier molecular flexibility index (Phi) is 4.52. The molecule has 2 aromatic rings. The molecule has 0 bridgehead atoms. The van der Waals surface area contributed by atoms with Crippen LogP contribution in [0.4, 0.5) is 11.4 Å². The van der Waals surface area contributed by atoms with Crippen LogP contribution in [-0.4, -0.2) is 29.1 Å². The van der Waals surface area contributed by atoms with Crippen LogP contribution in [0.25, 0.3) is 0 Å². The standard InChI is InChI=1S/C17H19N3O3/c1-13-2-3-16(17(10-13)20(21)22)19-9-6-15(11-19)23-12-14-4-7-18-8-5-14/h2-5,7-8,10,15H,6,9,11-12H2,1H3. The van der Waals surface area contributed by atoms with Crippen LogP contribution >= 0.6 is 0 Å². The molecule has 0 radical (unpaired) electrons. The van der Waals surface area contributed by atoms with Gasteiger partial charge >= 0.3 is 0 Å². The van der Waals surface area contributed by atoms with Crippen LogP contribution < -0.4 is 4.90 Å². The number of aromatic nitrogens is 1. The summed E-state index contributed by atoms with van der Waals surface area (Å²) >= 11 is 0. The summed E-state index contributed by atoms with van der Waals surface area (Å²) in [6.45, 7) is 3.85. The molecule has 0 aliphatic carbocycles. The highest BCUT2D eigenvalue weighted by Crippen LogP contribution is 2.32. The van der Waals surface area contributed by atoms with E-state index in [1.807, 2.05) is 36.1 Å². The second-order valence-electron chi connectivity index (χ2n) is 5.77. The minimum Gasteiger partial charge on any atom is -0.372 e. The van der Waals surface area contributed by atoms with Crippen molar-refractivity contribution < 1.29 is 9.66 Å². The number of benzene rings is 1. The minimum absolute atomic E-state index is 0.0871. The number of nitro benzene ring substituents is 1. The molecule has 2 heterocycles. The molecule has 23 heavy (non-hydrogen) atoms. The normalized spacial score (nSPS) is 17.4. The molecule has 1 aliphatic heterocycles. The second kappa shape index (κ2) is 6.75. The van der Waals surface area contributed by atoms with Crippen LogP contribution in [0.5, 0.6) is 0 Å². The molecule has 0 amide bonds. The Hall–Kier alpha value is -2.47. The summed E-state index contributed by atoms with van der Waals surface area (Å²) in [4.78, 5) is 17.0. The fourth-order valence-corrected chi connectivity index (χ4v) is 2.82. The molecule has 1 unspecified atom stereocenters. The van der Waals surface area contributed by atoms with E-state index in [1.54, 1.807) is 18.5 Å². The van der Waals surface area contributed by atoms with Crippen molar-refractivity contribution in [2.24, 2.45) is 0 Å². The predicted octanol–water partition coefficient (Wildman–Crippen LogP) is 3.09. The molecule has 6 heteroatoms. The zero-order valence-corrected chi connectivity index (χ0v) is 13.0. The van der Waals surface area contributed by atoms with Gasteiger partial charge in [0, 0.05) is 31.5 Å². The van der Waals surface area contributed by atoms with Crippen molar-refractivity contribution in [1.29, 1.82) is 0 Å². The quantitative estimate of drug-likeness (QED) is 0.627. The smallest absolute Gasteiger partial charge is 0.292 e. The van der Waals surface area contributed by atoms with Gasteiger partial charge in [-0.25, -0.2) is 0 Å². The van der Waals surface area contributed by atoms with Gasteiger partial charge in [0.2, 0.25) is 0 Å². The third kappa shape index (κ3) is 3.65. The number of nitro groups is 1. The van der Waals surface area contributed by atoms with E-state index in [0.717, 1.165) is 24.1 Å². The highest BCUT2D eigenvalue weighted by molar-refractivity contribution is 5.64. The Morgan fingerprint density at radius 3 is 2.87 bits per heavy atom. The average Bonchev–Trinajstić information content (AvgIpc) is 3.02. The summed E-state index contributed by atoms with van der Waals surface area (Å²) in [5.74, 6) is 0. The van der Waals surface area contributed by atoms with Crippen LogP contribution in [0, 0.1) is 17.0 Å². The van der Waals surface area contributed by atoms with Crippen LogP contribution in [-0.2, 0) is 11.3 Å². The third-order valence-electron chi connectivity index (χ3n) is 4.05. The minimum atomic E-state index is -0.312. The number of hydrogen-bond acceptors (Lipinski definition) is 5. The molecule has 120 valence electrons. The van der Waals surface area contributed by atoms with Gasteiger partial charge in [0.25, 0.3) is 5.69 Å². The van der Waals surface area contributed by atoms with Gasteiger partial charge in [-0.2, -0.15) is 0 Å². The lowest BCUT2D eigenvalue weighted by atomic mass is 10.2. The van der Waals surface area contributed by atoms with Crippen LogP contribution in [0.1, 0.15) is 17.5 Å². The predicted molar refractivity (Wildman–Crippen MR) is 87.5 cm³/mol. The van der Waals surface area contributed by atoms with Crippen LogP contribution in [0.3, 0.4) is 0 Å². The number of hydrogen-bond donors (Lipinski definition) is 0. The zero-order chi connectivity index (χ0) is 16.2. The van der Waals surface area contributed by atoms with Crippen molar-refractivity contribution in [3.8, 4) is 0 Å². The molecule has 1 atom stereocenters. The zero-order valence-electron chi connectivity index (χ0n) is 13.0. The highest BCUT2D eigenvalue weighted by Gasteiger charge is 2.28. The van der Waals surface area contributed by atoms with E-state index >= 15 is 0 Å². The molecular weight excluding hydrogens is 294 g/mol. The lowest BCUT2D eigenvalue weighted by molar-refractivity contribution is -0.384. The maximum atomic E-state index is 11.3. The maximum absolute atomic E-state index is 11.3. The lowest BCUT2D eigenvalue weighted by Gasteiger charge is -2.19. The van der Waals surface area contributed by atoms with Crippen LogP contribution in [0.15, 0.2) is 42.7 Å². The Labute approximate surface area is 134 Å². The van der Waals surface area contributed by atoms with Gasteiger partial charge in [-0.3, -0.25) is 15.1 Å². The van der Waals surface area contributed by atoms with E-state index in [0.29, 0.717) is 18.8 Å². The number of anilines is 1. The molecule has 1 aromatic carbocycles. The second-order valence-corrected chi connectivity index (χ2v) is 5.77. The number of aryl methyl sites for hydroxylation is 1. The molecule has 1 saturated heterocycles. The first kappa shape index (κ1) is 15.4. The Bertz CT molecular complexity index is 691. The molecule has 1 fully saturated rings. The van der Waals surface area contributed by atoms with Gasteiger partial charge in [0.05, 0.1) is 17.6 Å². The molecule has 3 rings (SSSR count). The fraction of sp³-hybridized carbons (Fsp3) is 0.353. The van der Waals surface area contributed by atoms with E-state index in [2.05, 4.69) is 4.98 Å². The summed E-state index contributed by atoms with van der Waals surface area (Å²) in [5, 5.41) is 11.3. The third-order valence-corrected chi connectivity index (χ3v) is 4.05. The maximum Gasteiger partial charge on any atom is 0.292 e. The fourth-order valence-electron chi connectivity index (χ4n) is 2.82. The summed E-state index contributed by atoms with van der Waals surface area (Å²) in [5.41, 5.74) is 2.82. The largest absolute Gasteiger partial charge is 0.372 e. The molecular formula is C17H19N3O3. The van der Waals surface area contributed by atoms with Gasteiger partial charge in [0.1, 0.15) is 5.69 Å². The monoisotopic (exact) mass is 313 g/mol. The van der Waals surface area contributed by atoms with Crippen molar-refractivity contribution in [3.05, 3.63) is 64.0 Å². The van der Waals surface area contributed by atoms with Gasteiger partial charge < -0.3 is 9.64 Å². The summed E-state index contributed by atoms with van der Waals surface area (Å²) in [6, 6.07) is 9.22. The first-order valence-corrected chi connectivity index (χ1v) is 7.64. The van der Waals surface area contributed by atoms with Gasteiger partial charge in [-0.15, -0.1) is 0 Å². The first-order valence-electron chi connectivity index (χ1n) is 7.64. The highest BCUT2D eigenvalue weighted by atomic mass is 16.6. The van der Waals surface area contributed by atoms with Gasteiger partial charge in [-0.05, 0) is 42.7 Å². The van der Waals surface area contributed by atoms with E-state index in [-0.39, 0.29) is 16.7 Å². The molecule has 1 aromatic heterocycles. The summed E-state index contributed by atoms with van der Waals surface area (Å²) < 4.78 is 5.93. The number of nitrogens with zero attached hydrogens (tertiary/aromatic N) is 3. The van der Waals surface area contributed by atoms with Gasteiger partial charge in [0.15, 0.2) is 0 Å². The molecule has 0 saturated carbocycles. The van der Waals surface area contributed by atoms with Crippen LogP contribution in [0.2, 0.25) is 0 Å². The molecule has 1 aliphatic rings. The first-order chi connectivity index (χ1) is 11.1. The molecule has 0 N–H and O–H groups in total. The lowest BCUT2D eigenvalue weighted by Crippen LogP contribution is -2.23. The molecule has 0 spiro atoms. The van der Waals surface area contributed by atoms with Gasteiger partial charge in [-0.1, -0.05) is 6.07 Å². The van der Waals surface area contributed by atoms with Crippen molar-refractivity contribution in [2.45, 2.75) is 26.1 Å². The number of rotatable bonds is 5. The SMILES string of the molecule is Cc1ccc(N2CCC(OCc3ccncc3)C2)c([N+](=O)[O-])c1. The van der Waals surface area contributed by atoms with E-state index in [9.17, 15) is 10.1 Å². The van der Waals surface area contributed by atoms with Crippen molar-refractivity contribution in [1.82, 2.24) is 4.98 Å². The van der Waals surface area contributed by atoms with Crippen molar-refractivity contribution in [3.63, 3.8) is 0 Å².